The molecule has 0 spiro atoms. The van der Waals surface area contributed by atoms with Crippen LogP contribution in [0.5, 0.6) is 17.2 Å². The van der Waals surface area contributed by atoms with E-state index < -0.39 is 9.84 Å². The number of anilines is 2. The third-order valence-electron chi connectivity index (χ3n) is 4.47. The highest BCUT2D eigenvalue weighted by Crippen LogP contribution is 2.33. The average Bonchev–Trinajstić information content (AvgIpc) is 3.42. The zero-order chi connectivity index (χ0) is 21.0. The number of nitrogens with zero attached hydrogens (tertiary/aromatic N) is 2. The Kier molecular flexibility index (Phi) is 6.16. The van der Waals surface area contributed by atoms with Crippen LogP contribution < -0.4 is 14.8 Å². The molecule has 1 aromatic carbocycles. The molecule has 1 aliphatic rings. The van der Waals surface area contributed by atoms with Crippen molar-refractivity contribution in [2.24, 2.45) is 5.92 Å². The number of benzene rings is 1. The first-order valence-corrected chi connectivity index (χ1v) is 12.1. The molecule has 4 rings (SSSR count). The molecule has 0 aliphatic carbocycles. The summed E-state index contributed by atoms with van der Waals surface area (Å²) < 4.78 is 40.5. The highest BCUT2D eigenvalue weighted by Gasteiger charge is 2.18. The fourth-order valence-corrected chi connectivity index (χ4v) is 4.04. The summed E-state index contributed by atoms with van der Waals surface area (Å²) in [6.07, 6.45) is 5.42. The van der Waals surface area contributed by atoms with Crippen LogP contribution in [0.15, 0.2) is 53.0 Å². The van der Waals surface area contributed by atoms with E-state index in [1.807, 2.05) is 5.38 Å². The smallest absolute Gasteiger partial charge is 0.188 e. The number of rotatable bonds is 8. The highest BCUT2D eigenvalue weighted by atomic mass is 32.2. The minimum Gasteiger partial charge on any atom is -0.489 e. The number of pyridine rings is 1. The molecule has 0 amide bonds. The van der Waals surface area contributed by atoms with Gasteiger partial charge in [0.05, 0.1) is 24.3 Å². The Morgan fingerprint density at radius 2 is 2.07 bits per heavy atom. The first-order valence-electron chi connectivity index (χ1n) is 9.32. The Morgan fingerprint density at radius 1 is 1.23 bits per heavy atom. The molecule has 0 saturated carbocycles. The standard InChI is InChI=1S/C20H21N3O5S2/c1-30(24,25)17-4-2-15(3-5-17)28-16-10-18(27-13-14-6-8-26-12-14)19(22-11-16)23-20-21-7-9-29-20/h2-5,7,9-11,14H,6,8,12-13H2,1H3,(H,21,22,23). The topological polar surface area (TPSA) is 99.6 Å². The minimum atomic E-state index is -3.26. The molecule has 1 N–H and O–H groups in total. The molecular formula is C20H21N3O5S2. The van der Waals surface area contributed by atoms with Gasteiger partial charge in [0.15, 0.2) is 26.5 Å². The fraction of sp³-hybridized carbons (Fsp3) is 0.300. The Morgan fingerprint density at radius 3 is 2.73 bits per heavy atom. The summed E-state index contributed by atoms with van der Waals surface area (Å²) >= 11 is 1.46. The largest absolute Gasteiger partial charge is 0.489 e. The van der Waals surface area contributed by atoms with Gasteiger partial charge in [-0.15, -0.1) is 11.3 Å². The maximum atomic E-state index is 11.6. The predicted octanol–water partition coefficient (Wildman–Crippen LogP) is 3.89. The maximum Gasteiger partial charge on any atom is 0.188 e. The summed E-state index contributed by atoms with van der Waals surface area (Å²) in [5, 5.41) is 5.74. The Hall–Kier alpha value is -2.69. The molecule has 158 valence electrons. The second-order valence-corrected chi connectivity index (χ2v) is 9.78. The van der Waals surface area contributed by atoms with Crippen molar-refractivity contribution in [2.45, 2.75) is 11.3 Å². The van der Waals surface area contributed by atoms with Gasteiger partial charge in [0.25, 0.3) is 0 Å². The van der Waals surface area contributed by atoms with E-state index in [1.54, 1.807) is 30.6 Å². The van der Waals surface area contributed by atoms with Crippen LogP contribution >= 0.6 is 11.3 Å². The molecule has 10 heteroatoms. The quantitative estimate of drug-likeness (QED) is 0.555. The number of hydrogen-bond donors (Lipinski definition) is 1. The lowest BCUT2D eigenvalue weighted by Gasteiger charge is -2.15. The molecule has 1 atom stereocenters. The van der Waals surface area contributed by atoms with Crippen molar-refractivity contribution in [3.05, 3.63) is 48.1 Å². The van der Waals surface area contributed by atoms with E-state index in [4.69, 9.17) is 14.2 Å². The summed E-state index contributed by atoms with van der Waals surface area (Å²) in [6, 6.07) is 7.98. The van der Waals surface area contributed by atoms with Crippen molar-refractivity contribution in [2.75, 3.05) is 31.4 Å². The molecule has 1 aliphatic heterocycles. The molecule has 30 heavy (non-hydrogen) atoms. The summed E-state index contributed by atoms with van der Waals surface area (Å²) in [4.78, 5) is 8.89. The Bertz CT molecular complexity index is 1080. The first-order chi connectivity index (χ1) is 14.5. The van der Waals surface area contributed by atoms with Gasteiger partial charge in [-0.05, 0) is 30.7 Å². The van der Waals surface area contributed by atoms with E-state index in [0.29, 0.717) is 47.3 Å². The monoisotopic (exact) mass is 447 g/mol. The van der Waals surface area contributed by atoms with Crippen LogP contribution in [0.4, 0.5) is 10.9 Å². The molecular weight excluding hydrogens is 426 g/mol. The van der Waals surface area contributed by atoms with E-state index in [0.717, 1.165) is 13.0 Å². The van der Waals surface area contributed by atoms with Crippen molar-refractivity contribution in [3.8, 4) is 17.2 Å². The van der Waals surface area contributed by atoms with Crippen molar-refractivity contribution in [1.29, 1.82) is 0 Å². The zero-order valence-electron chi connectivity index (χ0n) is 16.3. The van der Waals surface area contributed by atoms with Gasteiger partial charge in [-0.25, -0.2) is 18.4 Å². The number of nitrogens with one attached hydrogen (secondary N) is 1. The van der Waals surface area contributed by atoms with E-state index in [2.05, 4.69) is 15.3 Å². The summed E-state index contributed by atoms with van der Waals surface area (Å²) in [5.74, 6) is 2.40. The van der Waals surface area contributed by atoms with Crippen LogP contribution in [0.3, 0.4) is 0 Å². The minimum absolute atomic E-state index is 0.235. The van der Waals surface area contributed by atoms with Gasteiger partial charge >= 0.3 is 0 Å². The number of sulfone groups is 1. The third kappa shape index (κ3) is 5.26. The second-order valence-electron chi connectivity index (χ2n) is 6.87. The molecule has 1 unspecified atom stereocenters. The van der Waals surface area contributed by atoms with E-state index in [9.17, 15) is 8.42 Å². The van der Waals surface area contributed by atoms with Gasteiger partial charge in [0, 0.05) is 36.4 Å². The Balaban J connectivity index is 1.53. The summed E-state index contributed by atoms with van der Waals surface area (Å²) in [6.45, 7) is 1.95. The van der Waals surface area contributed by atoms with E-state index >= 15 is 0 Å². The average molecular weight is 448 g/mol. The lowest BCUT2D eigenvalue weighted by molar-refractivity contribution is 0.167. The van der Waals surface area contributed by atoms with Crippen LogP contribution in [-0.2, 0) is 14.6 Å². The predicted molar refractivity (Wildman–Crippen MR) is 114 cm³/mol. The SMILES string of the molecule is CS(=O)(=O)c1ccc(Oc2cnc(Nc3nccs3)c(OCC3CCOC3)c2)cc1. The van der Waals surface area contributed by atoms with Gasteiger partial charge < -0.3 is 19.5 Å². The van der Waals surface area contributed by atoms with Gasteiger partial charge in [0.2, 0.25) is 0 Å². The van der Waals surface area contributed by atoms with Crippen LogP contribution in [-0.4, -0.2) is 44.5 Å². The molecule has 3 aromatic rings. The van der Waals surface area contributed by atoms with Crippen LogP contribution in [0.2, 0.25) is 0 Å². The van der Waals surface area contributed by atoms with Crippen LogP contribution in [0.25, 0.3) is 0 Å². The number of ether oxygens (including phenoxy) is 3. The molecule has 8 nitrogen and oxygen atoms in total. The second kappa shape index (κ2) is 8.99. The van der Waals surface area contributed by atoms with Gasteiger partial charge in [-0.1, -0.05) is 0 Å². The van der Waals surface area contributed by atoms with E-state index in [1.165, 1.54) is 29.7 Å². The van der Waals surface area contributed by atoms with Crippen molar-refractivity contribution >= 4 is 32.1 Å². The molecule has 0 radical (unpaired) electrons. The lowest BCUT2D eigenvalue weighted by Crippen LogP contribution is -2.12. The van der Waals surface area contributed by atoms with E-state index in [-0.39, 0.29) is 4.90 Å². The third-order valence-corrected chi connectivity index (χ3v) is 6.29. The normalized spacial score (nSPS) is 16.4. The van der Waals surface area contributed by atoms with Crippen LogP contribution in [0.1, 0.15) is 6.42 Å². The van der Waals surface area contributed by atoms with Gasteiger partial charge in [-0.3, -0.25) is 0 Å². The summed E-state index contributed by atoms with van der Waals surface area (Å²) in [5.41, 5.74) is 0. The molecule has 0 bridgehead atoms. The number of aromatic nitrogens is 2. The molecule has 2 aromatic heterocycles. The van der Waals surface area contributed by atoms with Gasteiger partial charge in [0.1, 0.15) is 11.5 Å². The van der Waals surface area contributed by atoms with Crippen molar-refractivity contribution in [3.63, 3.8) is 0 Å². The number of thiazole rings is 1. The fourth-order valence-electron chi connectivity index (χ4n) is 2.89. The first kappa shape index (κ1) is 20.6. The highest BCUT2D eigenvalue weighted by molar-refractivity contribution is 7.90. The van der Waals surface area contributed by atoms with Crippen molar-refractivity contribution in [1.82, 2.24) is 9.97 Å². The van der Waals surface area contributed by atoms with Crippen LogP contribution in [0, 0.1) is 5.92 Å². The maximum absolute atomic E-state index is 11.6. The zero-order valence-corrected chi connectivity index (χ0v) is 17.9. The van der Waals surface area contributed by atoms with Crippen molar-refractivity contribution < 1.29 is 22.6 Å². The molecule has 1 fully saturated rings. The Labute approximate surface area is 178 Å². The molecule has 1 saturated heterocycles. The lowest BCUT2D eigenvalue weighted by atomic mass is 10.1. The van der Waals surface area contributed by atoms with Gasteiger partial charge in [-0.2, -0.15) is 0 Å². The summed E-state index contributed by atoms with van der Waals surface area (Å²) in [7, 11) is -3.26. The molecule has 3 heterocycles. The number of hydrogen-bond acceptors (Lipinski definition) is 9.